The van der Waals surface area contributed by atoms with Gasteiger partial charge in [0.2, 0.25) is 5.91 Å². The summed E-state index contributed by atoms with van der Waals surface area (Å²) >= 11 is 5.41. The van der Waals surface area contributed by atoms with E-state index < -0.39 is 0 Å². The lowest BCUT2D eigenvalue weighted by molar-refractivity contribution is -0.123. The summed E-state index contributed by atoms with van der Waals surface area (Å²) < 4.78 is 7.48. The summed E-state index contributed by atoms with van der Waals surface area (Å²) in [5, 5.41) is 10.5. The molecule has 156 valence electrons. The number of benzene rings is 2. The molecule has 0 atom stereocenters. The Bertz CT molecular complexity index is 1090. The number of hydrogen-bond acceptors (Lipinski definition) is 4. The summed E-state index contributed by atoms with van der Waals surface area (Å²) in [7, 11) is 1.66. The fourth-order valence-electron chi connectivity index (χ4n) is 4.29. The third-order valence-electron chi connectivity index (χ3n) is 5.81. The number of ether oxygens (including phenoxy) is 1. The largest absolute Gasteiger partial charge is 0.497 e. The zero-order chi connectivity index (χ0) is 21.1. The maximum atomic E-state index is 13.1. The first-order valence-electron chi connectivity index (χ1n) is 10.2. The van der Waals surface area contributed by atoms with Crippen LogP contribution in [0.25, 0.3) is 11.4 Å². The van der Waals surface area contributed by atoms with Crippen molar-refractivity contribution in [2.24, 2.45) is 0 Å². The molecule has 1 amide bonds. The third kappa shape index (κ3) is 4.03. The van der Waals surface area contributed by atoms with Crippen LogP contribution in [0.1, 0.15) is 36.8 Å². The van der Waals surface area contributed by atoms with Gasteiger partial charge in [-0.05, 0) is 55.7 Å². The monoisotopic (exact) mass is 422 g/mol. The van der Waals surface area contributed by atoms with E-state index in [1.807, 2.05) is 55.5 Å². The van der Waals surface area contributed by atoms with E-state index in [1.165, 1.54) is 0 Å². The molecule has 0 radical (unpaired) electrons. The van der Waals surface area contributed by atoms with E-state index in [-0.39, 0.29) is 18.0 Å². The van der Waals surface area contributed by atoms with Crippen LogP contribution in [0.2, 0.25) is 0 Å². The van der Waals surface area contributed by atoms with E-state index in [2.05, 4.69) is 15.5 Å². The molecule has 2 aromatic carbocycles. The summed E-state index contributed by atoms with van der Waals surface area (Å²) in [5.74, 6) is 1.41. The number of nitrogens with zero attached hydrogens (tertiary/aromatic N) is 2. The molecule has 30 heavy (non-hydrogen) atoms. The number of H-pyrrole nitrogens is 1. The van der Waals surface area contributed by atoms with Crippen LogP contribution in [0.15, 0.2) is 48.5 Å². The number of aromatic nitrogens is 3. The van der Waals surface area contributed by atoms with E-state index in [0.717, 1.165) is 48.1 Å². The highest BCUT2D eigenvalue weighted by Crippen LogP contribution is 2.39. The number of carbonyl (C=O) groups excluding carboxylic acids is 1. The molecule has 7 heteroatoms. The Balaban J connectivity index is 1.58. The Labute approximate surface area is 181 Å². The van der Waals surface area contributed by atoms with Crippen LogP contribution in [-0.4, -0.2) is 27.8 Å². The Morgan fingerprint density at radius 2 is 1.97 bits per heavy atom. The van der Waals surface area contributed by atoms with Gasteiger partial charge in [0.15, 0.2) is 10.6 Å². The number of nitrogens with one attached hydrogen (secondary N) is 2. The van der Waals surface area contributed by atoms with Crippen LogP contribution in [0.4, 0.5) is 0 Å². The second-order valence-corrected chi connectivity index (χ2v) is 8.26. The molecule has 3 aromatic rings. The van der Waals surface area contributed by atoms with Gasteiger partial charge < -0.3 is 10.1 Å². The average Bonchev–Trinajstić information content (AvgIpc) is 3.36. The quantitative estimate of drug-likeness (QED) is 0.574. The molecule has 2 N–H and O–H groups in total. The molecule has 1 fully saturated rings. The fourth-order valence-corrected chi connectivity index (χ4v) is 4.49. The van der Waals surface area contributed by atoms with Gasteiger partial charge >= 0.3 is 0 Å². The summed E-state index contributed by atoms with van der Waals surface area (Å²) in [6.07, 6.45) is 4.02. The van der Waals surface area contributed by atoms with Crippen molar-refractivity contribution in [1.82, 2.24) is 20.1 Å². The first-order chi connectivity index (χ1) is 14.5. The van der Waals surface area contributed by atoms with Crippen LogP contribution < -0.4 is 10.1 Å². The van der Waals surface area contributed by atoms with Crippen molar-refractivity contribution >= 4 is 18.1 Å². The molecule has 0 saturated heterocycles. The molecular formula is C23H26N4O2S. The number of amides is 1. The first kappa shape index (κ1) is 20.3. The van der Waals surface area contributed by atoms with Gasteiger partial charge in [0.1, 0.15) is 12.3 Å². The zero-order valence-corrected chi connectivity index (χ0v) is 18.1. The molecule has 1 heterocycles. The van der Waals surface area contributed by atoms with Crippen LogP contribution in [0.5, 0.6) is 5.75 Å². The molecule has 0 unspecified atom stereocenters. The molecule has 6 nitrogen and oxygen atoms in total. The minimum absolute atomic E-state index is 0.0703. The van der Waals surface area contributed by atoms with Gasteiger partial charge in [0.05, 0.1) is 12.6 Å². The van der Waals surface area contributed by atoms with Crippen LogP contribution in [0, 0.1) is 11.7 Å². The maximum Gasteiger partial charge on any atom is 0.240 e. The van der Waals surface area contributed by atoms with Crippen molar-refractivity contribution in [3.8, 4) is 17.1 Å². The smallest absolute Gasteiger partial charge is 0.240 e. The SMILES string of the molecule is COc1ccc(C2(NC(=O)Cn3c(-c4cccc(C)c4)n[nH]c3=S)CCCC2)cc1. The van der Waals surface area contributed by atoms with Crippen LogP contribution in [-0.2, 0) is 16.9 Å². The molecule has 1 aliphatic carbocycles. The number of aromatic amines is 1. The Morgan fingerprint density at radius 3 is 2.63 bits per heavy atom. The van der Waals surface area contributed by atoms with E-state index in [9.17, 15) is 4.79 Å². The lowest BCUT2D eigenvalue weighted by atomic mass is 9.88. The van der Waals surface area contributed by atoms with E-state index in [0.29, 0.717) is 10.6 Å². The van der Waals surface area contributed by atoms with Crippen molar-refractivity contribution < 1.29 is 9.53 Å². The Morgan fingerprint density at radius 1 is 1.23 bits per heavy atom. The van der Waals surface area contributed by atoms with Crippen LogP contribution in [0.3, 0.4) is 0 Å². The summed E-state index contributed by atoms with van der Waals surface area (Å²) in [6, 6.07) is 16.0. The van der Waals surface area contributed by atoms with E-state index in [4.69, 9.17) is 17.0 Å². The summed E-state index contributed by atoms with van der Waals surface area (Å²) in [4.78, 5) is 13.1. The predicted octanol–water partition coefficient (Wildman–Crippen LogP) is 4.51. The van der Waals surface area contributed by atoms with Crippen molar-refractivity contribution in [1.29, 1.82) is 0 Å². The summed E-state index contributed by atoms with van der Waals surface area (Å²) in [6.45, 7) is 2.15. The molecule has 1 aliphatic rings. The zero-order valence-electron chi connectivity index (χ0n) is 17.3. The molecule has 4 rings (SSSR count). The van der Waals surface area contributed by atoms with Crippen LogP contribution >= 0.6 is 12.2 Å². The number of hydrogen-bond donors (Lipinski definition) is 2. The lowest BCUT2D eigenvalue weighted by Gasteiger charge is -2.31. The maximum absolute atomic E-state index is 13.1. The third-order valence-corrected chi connectivity index (χ3v) is 6.13. The fraction of sp³-hybridized carbons (Fsp3) is 0.348. The molecule has 1 saturated carbocycles. The highest BCUT2D eigenvalue weighted by atomic mass is 32.1. The van der Waals surface area contributed by atoms with Crippen molar-refractivity contribution in [2.75, 3.05) is 7.11 Å². The van der Waals surface area contributed by atoms with Gasteiger partial charge in [-0.1, -0.05) is 48.7 Å². The Kier molecular flexibility index (Phi) is 5.72. The number of methoxy groups -OCH3 is 1. The van der Waals surface area contributed by atoms with Gasteiger partial charge in [-0.25, -0.2) is 0 Å². The summed E-state index contributed by atoms with van der Waals surface area (Å²) in [5.41, 5.74) is 2.82. The second-order valence-electron chi connectivity index (χ2n) is 7.87. The highest BCUT2D eigenvalue weighted by Gasteiger charge is 2.37. The van der Waals surface area contributed by atoms with E-state index in [1.54, 1.807) is 11.7 Å². The van der Waals surface area contributed by atoms with Gasteiger partial charge in [-0.3, -0.25) is 14.5 Å². The minimum Gasteiger partial charge on any atom is -0.497 e. The number of rotatable bonds is 6. The molecule has 0 aliphatic heterocycles. The van der Waals surface area contributed by atoms with Gasteiger partial charge in [0.25, 0.3) is 0 Å². The second kappa shape index (κ2) is 8.44. The molecule has 1 aromatic heterocycles. The number of carbonyl (C=O) groups is 1. The average molecular weight is 423 g/mol. The highest BCUT2D eigenvalue weighted by molar-refractivity contribution is 7.71. The standard InChI is InChI=1S/C23H26N4O2S/c1-16-6-5-7-17(14-16)21-25-26-22(30)27(21)15-20(28)24-23(12-3-4-13-23)18-8-10-19(29-2)11-9-18/h5-11,14H,3-4,12-13,15H2,1-2H3,(H,24,28)(H,26,30). The van der Waals surface area contributed by atoms with Gasteiger partial charge in [0, 0.05) is 5.56 Å². The minimum atomic E-state index is -0.348. The normalized spacial score (nSPS) is 15.1. The van der Waals surface area contributed by atoms with Crippen molar-refractivity contribution in [3.63, 3.8) is 0 Å². The topological polar surface area (TPSA) is 71.9 Å². The first-order valence-corrected chi connectivity index (χ1v) is 10.6. The lowest BCUT2D eigenvalue weighted by Crippen LogP contribution is -2.45. The molecule has 0 bridgehead atoms. The van der Waals surface area contributed by atoms with Crippen molar-refractivity contribution in [2.45, 2.75) is 44.7 Å². The van der Waals surface area contributed by atoms with Gasteiger partial charge in [-0.2, -0.15) is 5.10 Å². The van der Waals surface area contributed by atoms with Crippen molar-refractivity contribution in [3.05, 3.63) is 64.4 Å². The van der Waals surface area contributed by atoms with Gasteiger partial charge in [-0.15, -0.1) is 0 Å². The molecule has 0 spiro atoms. The number of aryl methyl sites for hydroxylation is 1. The molecular weight excluding hydrogens is 396 g/mol. The van der Waals surface area contributed by atoms with E-state index >= 15 is 0 Å². The predicted molar refractivity (Wildman–Crippen MR) is 119 cm³/mol. The Hall–Kier alpha value is -2.93.